The Balaban J connectivity index is 2.81. The summed E-state index contributed by atoms with van der Waals surface area (Å²) < 4.78 is 70.8. The molecule has 150 valence electrons. The Kier molecular flexibility index (Phi) is 8.09. The third-order valence-corrected chi connectivity index (χ3v) is 6.20. The van der Waals surface area contributed by atoms with Crippen LogP contribution in [0.15, 0.2) is 4.99 Å². The third kappa shape index (κ3) is 6.19. The lowest BCUT2D eigenvalue weighted by molar-refractivity contribution is -0.177. The molecule has 0 aromatic rings. The summed E-state index contributed by atoms with van der Waals surface area (Å²) in [6.07, 6.45) is -5.04. The van der Waals surface area contributed by atoms with E-state index in [1.165, 1.54) is 27.7 Å². The van der Waals surface area contributed by atoms with Crippen LogP contribution in [0.25, 0.3) is 0 Å². The van der Waals surface area contributed by atoms with Gasteiger partial charge in [0, 0.05) is 0 Å². The molecule has 1 aliphatic heterocycles. The van der Waals surface area contributed by atoms with Crippen molar-refractivity contribution in [1.29, 1.82) is 0 Å². The van der Waals surface area contributed by atoms with E-state index in [1.807, 2.05) is 0 Å². The topological polar surface area (TPSA) is 83.4 Å². The molecule has 1 atom stereocenters. The number of alkyl halides is 3. The maximum absolute atomic E-state index is 13.3. The number of hydrogen-bond donors (Lipinski definition) is 0. The fraction of sp³-hybridized carbons (Fsp3) is 0.769. The first-order valence-electron chi connectivity index (χ1n) is 7.45. The molecule has 0 N–H and O–H groups in total. The third-order valence-electron chi connectivity index (χ3n) is 2.82. The maximum atomic E-state index is 13.3. The predicted octanol–water partition coefficient (Wildman–Crippen LogP) is 3.91. The van der Waals surface area contributed by atoms with E-state index in [2.05, 4.69) is 9.73 Å². The van der Waals surface area contributed by atoms with Crippen molar-refractivity contribution < 1.29 is 41.1 Å². The van der Waals surface area contributed by atoms with Gasteiger partial charge in [-0.25, -0.2) is 9.79 Å². The summed E-state index contributed by atoms with van der Waals surface area (Å²) in [6.45, 7) is 5.27. The fourth-order valence-corrected chi connectivity index (χ4v) is 4.37. The van der Waals surface area contributed by atoms with Crippen molar-refractivity contribution in [3.8, 4) is 0 Å². The number of carbonyl (C=O) groups is 1. The van der Waals surface area contributed by atoms with Crippen LogP contribution in [-0.4, -0.2) is 52.8 Å². The van der Waals surface area contributed by atoms with Gasteiger partial charge >= 0.3 is 19.7 Å². The molecule has 1 unspecified atom stereocenters. The summed E-state index contributed by atoms with van der Waals surface area (Å²) in [6, 6.07) is 0. The number of rotatable bonds is 8. The van der Waals surface area contributed by atoms with Gasteiger partial charge in [0.2, 0.25) is 10.3 Å². The lowest BCUT2D eigenvalue weighted by Crippen LogP contribution is -2.34. The highest BCUT2D eigenvalue weighted by Gasteiger charge is 2.56. The van der Waals surface area contributed by atoms with Gasteiger partial charge in [-0.3, -0.25) is 4.57 Å². The van der Waals surface area contributed by atoms with Crippen LogP contribution in [0.4, 0.5) is 13.2 Å². The van der Waals surface area contributed by atoms with Crippen molar-refractivity contribution in [2.24, 2.45) is 4.99 Å². The smallest absolute Gasteiger partial charge is 0.437 e. The quantitative estimate of drug-likeness (QED) is 0.321. The zero-order valence-corrected chi connectivity index (χ0v) is 17.0. The van der Waals surface area contributed by atoms with Gasteiger partial charge in [-0.15, -0.1) is 0 Å². The van der Waals surface area contributed by atoms with Gasteiger partial charge in [0.25, 0.3) is 5.85 Å². The number of aliphatic imine (C=N–C) groups is 1. The first kappa shape index (κ1) is 23.4. The molecule has 7 nitrogen and oxygen atoms in total. The summed E-state index contributed by atoms with van der Waals surface area (Å²) in [5.74, 6) is -3.55. The number of halogens is 3. The largest absolute Gasteiger partial charge is 0.452 e. The average molecular weight is 437 g/mol. The Morgan fingerprint density at radius 3 is 2.27 bits per heavy atom. The van der Waals surface area contributed by atoms with Crippen LogP contribution in [-0.2, 0) is 27.9 Å². The summed E-state index contributed by atoms with van der Waals surface area (Å²) in [7, 11) is -4.65. The SMILES string of the molecule is CCOP(=O)(OCC)C(OC(=S)SCC1=NC(C)(C)C(=O)O1)C(F)(F)F. The zero-order valence-electron chi connectivity index (χ0n) is 14.5. The van der Waals surface area contributed by atoms with E-state index in [0.717, 1.165) is 0 Å². The first-order chi connectivity index (χ1) is 11.9. The molecule has 0 bridgehead atoms. The zero-order chi connectivity index (χ0) is 20.2. The highest BCUT2D eigenvalue weighted by molar-refractivity contribution is 8.23. The normalized spacial score (nSPS) is 18.3. The number of thiocarbonyl (C=S) groups is 1. The predicted molar refractivity (Wildman–Crippen MR) is 94.4 cm³/mol. The second-order valence-corrected chi connectivity index (χ2v) is 9.02. The molecule has 0 radical (unpaired) electrons. The van der Waals surface area contributed by atoms with Crippen molar-refractivity contribution in [1.82, 2.24) is 0 Å². The Labute approximate surface area is 158 Å². The monoisotopic (exact) mass is 437 g/mol. The van der Waals surface area contributed by atoms with Crippen LogP contribution < -0.4 is 0 Å². The van der Waals surface area contributed by atoms with Crippen LogP contribution in [0.5, 0.6) is 0 Å². The standard InChI is InChI=1S/C13H19F3NO6PS2/c1-5-20-24(19,21-6-2)10(13(14,15)16)23-11(25)26-7-8-17-12(3,4)9(18)22-8/h10H,5-7H2,1-4H3. The number of esters is 1. The summed E-state index contributed by atoms with van der Waals surface area (Å²) in [5.41, 5.74) is -1.06. The summed E-state index contributed by atoms with van der Waals surface area (Å²) >= 11 is 5.41. The van der Waals surface area contributed by atoms with Crippen LogP contribution in [0.1, 0.15) is 27.7 Å². The molecule has 0 saturated heterocycles. The molecule has 13 heteroatoms. The molecule has 0 saturated carbocycles. The molecular formula is C13H19F3NO6PS2. The molecule has 0 amide bonds. The minimum Gasteiger partial charge on any atom is -0.452 e. The van der Waals surface area contributed by atoms with E-state index in [1.54, 1.807) is 0 Å². The molecule has 0 aliphatic carbocycles. The first-order valence-corrected chi connectivity index (χ1v) is 10.5. The molecule has 0 spiro atoms. The van der Waals surface area contributed by atoms with Gasteiger partial charge < -0.3 is 18.5 Å². The van der Waals surface area contributed by atoms with Crippen LogP contribution in [0.3, 0.4) is 0 Å². The van der Waals surface area contributed by atoms with E-state index < -0.39 is 35.5 Å². The molecule has 0 aromatic heterocycles. The molecule has 0 aromatic carbocycles. The molecule has 1 aliphatic rings. The number of nitrogens with zero attached hydrogens (tertiary/aromatic N) is 1. The Morgan fingerprint density at radius 2 is 1.88 bits per heavy atom. The van der Waals surface area contributed by atoms with Crippen LogP contribution in [0.2, 0.25) is 0 Å². The van der Waals surface area contributed by atoms with Gasteiger partial charge in [0.1, 0.15) is 0 Å². The molecule has 26 heavy (non-hydrogen) atoms. The lowest BCUT2D eigenvalue weighted by atomic mass is 10.1. The van der Waals surface area contributed by atoms with Crippen molar-refractivity contribution in [3.05, 3.63) is 0 Å². The Bertz CT molecular complexity index is 615. The second-order valence-electron chi connectivity index (χ2n) is 5.38. The van der Waals surface area contributed by atoms with E-state index in [9.17, 15) is 22.5 Å². The average Bonchev–Trinajstić information content (AvgIpc) is 2.75. The highest BCUT2D eigenvalue weighted by atomic mass is 32.2. The van der Waals surface area contributed by atoms with Gasteiger partial charge in [0.15, 0.2) is 5.54 Å². The molecule has 0 fully saturated rings. The van der Waals surface area contributed by atoms with E-state index in [4.69, 9.17) is 26.0 Å². The van der Waals surface area contributed by atoms with Gasteiger partial charge in [-0.2, -0.15) is 13.2 Å². The van der Waals surface area contributed by atoms with Crippen molar-refractivity contribution in [2.75, 3.05) is 19.0 Å². The highest BCUT2D eigenvalue weighted by Crippen LogP contribution is 2.58. The van der Waals surface area contributed by atoms with Gasteiger partial charge in [-0.05, 0) is 39.9 Å². The van der Waals surface area contributed by atoms with Crippen molar-refractivity contribution in [2.45, 2.75) is 45.3 Å². The number of thioether (sulfide) groups is 1. The van der Waals surface area contributed by atoms with Gasteiger partial charge in [0.05, 0.1) is 19.0 Å². The lowest BCUT2D eigenvalue weighted by Gasteiger charge is -2.28. The fourth-order valence-electron chi connectivity index (χ4n) is 1.76. The van der Waals surface area contributed by atoms with Crippen molar-refractivity contribution >= 4 is 47.8 Å². The van der Waals surface area contributed by atoms with Gasteiger partial charge in [-0.1, -0.05) is 11.8 Å². The van der Waals surface area contributed by atoms with E-state index in [-0.39, 0.29) is 24.9 Å². The summed E-state index contributed by atoms with van der Waals surface area (Å²) in [4.78, 5) is 15.5. The van der Waals surface area contributed by atoms with E-state index in [0.29, 0.717) is 11.8 Å². The van der Waals surface area contributed by atoms with Crippen LogP contribution >= 0.6 is 31.6 Å². The number of carbonyl (C=O) groups excluding carboxylic acids is 1. The van der Waals surface area contributed by atoms with E-state index >= 15 is 0 Å². The maximum Gasteiger partial charge on any atom is 0.437 e. The Morgan fingerprint density at radius 1 is 1.35 bits per heavy atom. The minimum absolute atomic E-state index is 0.0114. The molecule has 1 heterocycles. The van der Waals surface area contributed by atoms with Crippen molar-refractivity contribution in [3.63, 3.8) is 0 Å². The second kappa shape index (κ2) is 9.01. The number of cyclic esters (lactones) is 1. The number of ether oxygens (including phenoxy) is 2. The summed E-state index contributed by atoms with van der Waals surface area (Å²) in [5, 5.41) is 0. The van der Waals surface area contributed by atoms with Crippen LogP contribution in [0, 0.1) is 0 Å². The number of hydrogen-bond acceptors (Lipinski definition) is 9. The Hall–Kier alpha value is -0.680. The molecule has 1 rings (SSSR count). The minimum atomic E-state index is -5.04. The molecular weight excluding hydrogens is 418 g/mol.